The lowest BCUT2D eigenvalue weighted by molar-refractivity contribution is 0.0172. The number of hydrogen-bond donors (Lipinski definition) is 1. The third kappa shape index (κ3) is 5.80. The van der Waals surface area contributed by atoms with E-state index in [1.54, 1.807) is 12.1 Å². The van der Waals surface area contributed by atoms with Gasteiger partial charge in [-0.15, -0.1) is 0 Å². The van der Waals surface area contributed by atoms with Gasteiger partial charge in [0.05, 0.1) is 19.0 Å². The zero-order chi connectivity index (χ0) is 19.3. The van der Waals surface area contributed by atoms with Crippen LogP contribution in [0.15, 0.2) is 48.5 Å². The molecular weight excluding hydrogens is 374 g/mol. The van der Waals surface area contributed by atoms with Crippen molar-refractivity contribution < 1.29 is 21.9 Å². The van der Waals surface area contributed by atoms with Gasteiger partial charge in [-0.2, -0.15) is 0 Å². The van der Waals surface area contributed by atoms with E-state index in [0.29, 0.717) is 31.9 Å². The molecule has 0 saturated carbocycles. The zero-order valence-corrected chi connectivity index (χ0v) is 15.6. The molecule has 1 heterocycles. The first-order valence-corrected chi connectivity index (χ1v) is 10.4. The number of ether oxygens (including phenoxy) is 1. The van der Waals surface area contributed by atoms with Gasteiger partial charge in [0.15, 0.2) is 0 Å². The molecule has 0 aliphatic carbocycles. The Labute approximate surface area is 158 Å². The van der Waals surface area contributed by atoms with E-state index >= 15 is 0 Å². The van der Waals surface area contributed by atoms with Crippen LogP contribution in [0.5, 0.6) is 0 Å². The van der Waals surface area contributed by atoms with Crippen molar-refractivity contribution in [1.82, 2.24) is 9.62 Å². The lowest BCUT2D eigenvalue weighted by atomic mass is 10.0. The predicted molar refractivity (Wildman–Crippen MR) is 98.6 cm³/mol. The molecule has 2 aromatic rings. The van der Waals surface area contributed by atoms with Gasteiger partial charge in [-0.3, -0.25) is 4.90 Å². The summed E-state index contributed by atoms with van der Waals surface area (Å²) in [5.41, 5.74) is 1.34. The van der Waals surface area contributed by atoms with Gasteiger partial charge in [-0.1, -0.05) is 24.3 Å². The van der Waals surface area contributed by atoms with Gasteiger partial charge < -0.3 is 4.74 Å². The van der Waals surface area contributed by atoms with E-state index in [1.165, 1.54) is 36.4 Å². The first kappa shape index (κ1) is 19.9. The van der Waals surface area contributed by atoms with E-state index in [9.17, 15) is 17.2 Å². The molecular formula is C19H22F2N2O3S. The summed E-state index contributed by atoms with van der Waals surface area (Å²) in [5.74, 6) is -0.976. The first-order chi connectivity index (χ1) is 12.9. The van der Waals surface area contributed by atoms with Gasteiger partial charge in [0.2, 0.25) is 10.0 Å². The van der Waals surface area contributed by atoms with Crippen molar-refractivity contribution in [3.8, 4) is 0 Å². The highest BCUT2D eigenvalue weighted by atomic mass is 32.2. The molecule has 2 aromatic carbocycles. The van der Waals surface area contributed by atoms with Crippen LogP contribution in [-0.2, 0) is 20.5 Å². The van der Waals surface area contributed by atoms with Crippen LogP contribution in [-0.4, -0.2) is 46.2 Å². The highest BCUT2D eigenvalue weighted by Gasteiger charge is 2.24. The normalized spacial score (nSPS) is 17.0. The molecule has 1 N–H and O–H groups in total. The number of morpholine rings is 1. The number of nitrogens with one attached hydrogen (secondary N) is 1. The number of hydrogen-bond acceptors (Lipinski definition) is 4. The fourth-order valence-corrected chi connectivity index (χ4v) is 4.23. The van der Waals surface area contributed by atoms with Crippen LogP contribution < -0.4 is 4.72 Å². The van der Waals surface area contributed by atoms with Crippen molar-refractivity contribution in [2.24, 2.45) is 0 Å². The van der Waals surface area contributed by atoms with Crippen molar-refractivity contribution >= 4 is 10.0 Å². The highest BCUT2D eigenvalue weighted by molar-refractivity contribution is 7.88. The zero-order valence-electron chi connectivity index (χ0n) is 14.8. The van der Waals surface area contributed by atoms with Crippen LogP contribution >= 0.6 is 0 Å². The summed E-state index contributed by atoms with van der Waals surface area (Å²) in [7, 11) is -3.60. The second kappa shape index (κ2) is 8.88. The monoisotopic (exact) mass is 396 g/mol. The summed E-state index contributed by atoms with van der Waals surface area (Å²) in [5, 5.41) is 0. The molecule has 1 fully saturated rings. The Kier molecular flexibility index (Phi) is 6.54. The molecule has 5 nitrogen and oxygen atoms in total. The Morgan fingerprint density at radius 3 is 2.11 bits per heavy atom. The summed E-state index contributed by atoms with van der Waals surface area (Å²) < 4.78 is 59.2. The molecule has 27 heavy (non-hydrogen) atoms. The van der Waals surface area contributed by atoms with Crippen molar-refractivity contribution in [2.45, 2.75) is 11.8 Å². The predicted octanol–water partition coefficient (Wildman–Crippen LogP) is 2.46. The topological polar surface area (TPSA) is 58.6 Å². The largest absolute Gasteiger partial charge is 0.379 e. The second-order valence-corrected chi connectivity index (χ2v) is 8.26. The SMILES string of the molecule is O=S(=O)(Cc1ccc(F)cc1)NCC(c1ccc(F)cc1)N1CCOCC1. The van der Waals surface area contributed by atoms with Gasteiger partial charge in [0, 0.05) is 25.7 Å². The maximum atomic E-state index is 13.3. The molecule has 146 valence electrons. The average molecular weight is 396 g/mol. The van der Waals surface area contributed by atoms with E-state index in [0.717, 1.165) is 5.56 Å². The average Bonchev–Trinajstić information content (AvgIpc) is 2.66. The summed E-state index contributed by atoms with van der Waals surface area (Å²) >= 11 is 0. The molecule has 8 heteroatoms. The third-order valence-corrected chi connectivity index (χ3v) is 5.83. The van der Waals surface area contributed by atoms with Gasteiger partial charge in [-0.25, -0.2) is 21.9 Å². The maximum absolute atomic E-state index is 13.3. The molecule has 1 atom stereocenters. The number of rotatable bonds is 7. The minimum Gasteiger partial charge on any atom is -0.379 e. The van der Waals surface area contributed by atoms with Crippen LogP contribution in [0.4, 0.5) is 8.78 Å². The minimum atomic E-state index is -3.60. The summed E-state index contributed by atoms with van der Waals surface area (Å²) in [6, 6.07) is 11.2. The van der Waals surface area contributed by atoms with E-state index in [1.807, 2.05) is 0 Å². The van der Waals surface area contributed by atoms with E-state index < -0.39 is 15.8 Å². The standard InChI is InChI=1S/C19H22F2N2O3S/c20-17-5-1-15(2-6-17)14-27(24,25)22-13-19(23-9-11-26-12-10-23)16-3-7-18(21)8-4-16/h1-8,19,22H,9-14H2. The molecule has 0 spiro atoms. The maximum Gasteiger partial charge on any atom is 0.215 e. The third-order valence-electron chi connectivity index (χ3n) is 4.51. The number of halogens is 2. The molecule has 0 bridgehead atoms. The van der Waals surface area contributed by atoms with E-state index in [4.69, 9.17) is 4.74 Å². The quantitative estimate of drug-likeness (QED) is 0.781. The van der Waals surface area contributed by atoms with Crippen molar-refractivity contribution in [3.63, 3.8) is 0 Å². The van der Waals surface area contributed by atoms with Crippen LogP contribution in [0.25, 0.3) is 0 Å². The Morgan fingerprint density at radius 1 is 0.963 bits per heavy atom. The number of benzene rings is 2. The molecule has 0 aromatic heterocycles. The van der Waals surface area contributed by atoms with Gasteiger partial charge in [0.1, 0.15) is 11.6 Å². The Balaban J connectivity index is 1.71. The molecule has 1 aliphatic rings. The van der Waals surface area contributed by atoms with Crippen LogP contribution in [0.2, 0.25) is 0 Å². The van der Waals surface area contributed by atoms with Crippen molar-refractivity contribution in [1.29, 1.82) is 0 Å². The second-order valence-electron chi connectivity index (χ2n) is 6.45. The van der Waals surface area contributed by atoms with Crippen LogP contribution in [0, 0.1) is 11.6 Å². The number of sulfonamides is 1. The fourth-order valence-electron chi connectivity index (χ4n) is 3.09. The lowest BCUT2D eigenvalue weighted by Gasteiger charge is -2.34. The Bertz CT molecular complexity index is 836. The summed E-state index contributed by atoms with van der Waals surface area (Å²) in [6.07, 6.45) is 0. The molecule has 0 radical (unpaired) electrons. The number of nitrogens with zero attached hydrogens (tertiary/aromatic N) is 1. The van der Waals surface area contributed by atoms with Gasteiger partial charge in [0.25, 0.3) is 0 Å². The van der Waals surface area contributed by atoms with E-state index in [-0.39, 0.29) is 24.2 Å². The Hall–Kier alpha value is -1.87. The van der Waals surface area contributed by atoms with Crippen molar-refractivity contribution in [3.05, 3.63) is 71.3 Å². The highest BCUT2D eigenvalue weighted by Crippen LogP contribution is 2.22. The molecule has 0 amide bonds. The van der Waals surface area contributed by atoms with Crippen LogP contribution in [0.1, 0.15) is 17.2 Å². The van der Waals surface area contributed by atoms with Gasteiger partial charge in [-0.05, 0) is 35.4 Å². The summed E-state index contributed by atoms with van der Waals surface area (Å²) in [4.78, 5) is 2.12. The minimum absolute atomic E-state index is 0.162. The molecule has 1 aliphatic heterocycles. The van der Waals surface area contributed by atoms with Crippen LogP contribution in [0.3, 0.4) is 0 Å². The molecule has 1 unspecified atom stereocenters. The smallest absolute Gasteiger partial charge is 0.215 e. The van der Waals surface area contributed by atoms with E-state index in [2.05, 4.69) is 9.62 Å². The summed E-state index contributed by atoms with van der Waals surface area (Å²) in [6.45, 7) is 2.64. The fraction of sp³-hybridized carbons (Fsp3) is 0.368. The molecule has 3 rings (SSSR count). The molecule has 1 saturated heterocycles. The van der Waals surface area contributed by atoms with Crippen molar-refractivity contribution in [2.75, 3.05) is 32.8 Å². The Morgan fingerprint density at radius 2 is 1.52 bits per heavy atom. The van der Waals surface area contributed by atoms with Gasteiger partial charge >= 0.3 is 0 Å². The first-order valence-electron chi connectivity index (χ1n) is 8.72. The lowest BCUT2D eigenvalue weighted by Crippen LogP contribution is -2.44.